The van der Waals surface area contributed by atoms with Crippen molar-refractivity contribution in [1.82, 2.24) is 9.78 Å². The third-order valence-electron chi connectivity index (χ3n) is 1.94. The lowest BCUT2D eigenvalue weighted by atomic mass is 10.2. The molecule has 0 atom stereocenters. The molecule has 0 fully saturated rings. The maximum atomic E-state index is 13.3. The number of hydrogen-bond acceptors (Lipinski definition) is 2. The van der Waals surface area contributed by atoms with E-state index in [2.05, 4.69) is 5.10 Å². The first-order chi connectivity index (χ1) is 7.18. The van der Waals surface area contributed by atoms with E-state index in [0.29, 0.717) is 0 Å². The maximum absolute atomic E-state index is 13.3. The number of benzene rings is 1. The third-order valence-corrected chi connectivity index (χ3v) is 1.94. The minimum absolute atomic E-state index is 0.0295. The van der Waals surface area contributed by atoms with Gasteiger partial charge in [0.05, 0.1) is 5.56 Å². The van der Waals surface area contributed by atoms with E-state index in [1.807, 2.05) is 0 Å². The van der Waals surface area contributed by atoms with Crippen LogP contribution in [0.25, 0.3) is 5.69 Å². The van der Waals surface area contributed by atoms with Gasteiger partial charge in [-0.2, -0.15) is 5.10 Å². The van der Waals surface area contributed by atoms with E-state index in [-0.39, 0.29) is 11.3 Å². The van der Waals surface area contributed by atoms with Gasteiger partial charge in [-0.1, -0.05) is 0 Å². The van der Waals surface area contributed by atoms with Gasteiger partial charge in [-0.05, 0) is 24.3 Å². The van der Waals surface area contributed by atoms with Crippen LogP contribution in [0.3, 0.4) is 0 Å². The molecule has 0 amide bonds. The summed E-state index contributed by atoms with van der Waals surface area (Å²) in [5.74, 6) is -1.60. The highest BCUT2D eigenvalue weighted by molar-refractivity contribution is 5.88. The van der Waals surface area contributed by atoms with Crippen molar-refractivity contribution < 1.29 is 14.3 Å². The maximum Gasteiger partial charge on any atom is 0.335 e. The lowest BCUT2D eigenvalue weighted by Gasteiger charge is -2.03. The fourth-order valence-corrected chi connectivity index (χ4v) is 1.23. The van der Waals surface area contributed by atoms with Gasteiger partial charge >= 0.3 is 5.97 Å². The average molecular weight is 206 g/mol. The molecule has 0 aliphatic rings. The van der Waals surface area contributed by atoms with Crippen molar-refractivity contribution in [2.24, 2.45) is 0 Å². The molecule has 1 aromatic heterocycles. The normalized spacial score (nSPS) is 10.2. The number of carboxylic acid groups (broad SMARTS) is 1. The molecule has 0 aliphatic heterocycles. The third kappa shape index (κ3) is 1.71. The number of carbonyl (C=O) groups is 1. The van der Waals surface area contributed by atoms with Crippen LogP contribution in [0.5, 0.6) is 0 Å². The van der Waals surface area contributed by atoms with E-state index in [0.717, 1.165) is 6.07 Å². The number of nitrogens with zero attached hydrogens (tertiary/aromatic N) is 2. The predicted octanol–water partition coefficient (Wildman–Crippen LogP) is 1.71. The lowest BCUT2D eigenvalue weighted by molar-refractivity contribution is 0.0697. The van der Waals surface area contributed by atoms with Crippen LogP contribution < -0.4 is 0 Å². The molecule has 1 aromatic carbocycles. The second-order valence-electron chi connectivity index (χ2n) is 2.92. The molecule has 2 aromatic rings. The van der Waals surface area contributed by atoms with Crippen molar-refractivity contribution >= 4 is 5.97 Å². The Kier molecular flexibility index (Phi) is 2.21. The summed E-state index contributed by atoms with van der Waals surface area (Å²) in [7, 11) is 0. The summed E-state index contributed by atoms with van der Waals surface area (Å²) in [6, 6.07) is 5.20. The van der Waals surface area contributed by atoms with E-state index >= 15 is 0 Å². The van der Waals surface area contributed by atoms with Crippen LogP contribution in [0.4, 0.5) is 4.39 Å². The first kappa shape index (κ1) is 9.39. The summed E-state index contributed by atoms with van der Waals surface area (Å²) in [4.78, 5) is 10.7. The van der Waals surface area contributed by atoms with Gasteiger partial charge in [-0.15, -0.1) is 0 Å². The monoisotopic (exact) mass is 206 g/mol. The minimum Gasteiger partial charge on any atom is -0.478 e. The number of rotatable bonds is 2. The molecule has 0 bridgehead atoms. The lowest BCUT2D eigenvalue weighted by Crippen LogP contribution is -2.02. The largest absolute Gasteiger partial charge is 0.478 e. The fourth-order valence-electron chi connectivity index (χ4n) is 1.23. The SMILES string of the molecule is O=C(O)c1ccc(F)c(-n2cccn2)c1. The van der Waals surface area contributed by atoms with Gasteiger partial charge in [0.1, 0.15) is 11.5 Å². The molecule has 76 valence electrons. The summed E-state index contributed by atoms with van der Waals surface area (Å²) in [6.07, 6.45) is 3.04. The van der Waals surface area contributed by atoms with Crippen LogP contribution in [0, 0.1) is 5.82 Å². The molecule has 5 heteroatoms. The molecule has 1 N–H and O–H groups in total. The first-order valence-corrected chi connectivity index (χ1v) is 4.21. The Morgan fingerprint density at radius 2 is 2.27 bits per heavy atom. The van der Waals surface area contributed by atoms with Crippen molar-refractivity contribution in [2.75, 3.05) is 0 Å². The standard InChI is InChI=1S/C10H7FN2O2/c11-8-3-2-7(10(14)15)6-9(8)13-5-1-4-12-13/h1-6H,(H,14,15). The summed E-state index contributed by atoms with van der Waals surface area (Å²) >= 11 is 0. The van der Waals surface area contributed by atoms with Crippen LogP contribution in [-0.2, 0) is 0 Å². The Hall–Kier alpha value is -2.17. The topological polar surface area (TPSA) is 55.1 Å². The zero-order valence-corrected chi connectivity index (χ0v) is 7.59. The first-order valence-electron chi connectivity index (χ1n) is 4.21. The molecule has 1 heterocycles. The molecule has 15 heavy (non-hydrogen) atoms. The highest BCUT2D eigenvalue weighted by atomic mass is 19.1. The van der Waals surface area contributed by atoms with Gasteiger partial charge in [0.2, 0.25) is 0 Å². The smallest absolute Gasteiger partial charge is 0.335 e. The number of aromatic carboxylic acids is 1. The number of aromatic nitrogens is 2. The van der Waals surface area contributed by atoms with E-state index in [1.54, 1.807) is 12.3 Å². The number of hydrogen-bond donors (Lipinski definition) is 1. The Balaban J connectivity index is 2.55. The van der Waals surface area contributed by atoms with Gasteiger partial charge in [-0.25, -0.2) is 13.9 Å². The van der Waals surface area contributed by atoms with Crippen molar-refractivity contribution in [3.05, 3.63) is 48.0 Å². The van der Waals surface area contributed by atoms with E-state index in [1.165, 1.54) is 23.0 Å². The van der Waals surface area contributed by atoms with Crippen LogP contribution in [-0.4, -0.2) is 20.9 Å². The van der Waals surface area contributed by atoms with Crippen molar-refractivity contribution in [2.45, 2.75) is 0 Å². The van der Waals surface area contributed by atoms with Gasteiger partial charge < -0.3 is 5.11 Å². The van der Waals surface area contributed by atoms with Crippen LogP contribution >= 0.6 is 0 Å². The molecule has 0 saturated carbocycles. The second kappa shape index (κ2) is 3.53. The van der Waals surface area contributed by atoms with Crippen molar-refractivity contribution in [3.63, 3.8) is 0 Å². The Morgan fingerprint density at radius 3 is 2.87 bits per heavy atom. The van der Waals surface area contributed by atoms with Crippen molar-refractivity contribution in [1.29, 1.82) is 0 Å². The zero-order chi connectivity index (χ0) is 10.8. The van der Waals surface area contributed by atoms with Crippen LogP contribution in [0.1, 0.15) is 10.4 Å². The highest BCUT2D eigenvalue weighted by Crippen LogP contribution is 2.14. The van der Waals surface area contributed by atoms with E-state index in [4.69, 9.17) is 5.11 Å². The Bertz CT molecular complexity index is 494. The highest BCUT2D eigenvalue weighted by Gasteiger charge is 2.09. The minimum atomic E-state index is -1.09. The zero-order valence-electron chi connectivity index (χ0n) is 7.59. The number of halogens is 1. The second-order valence-corrected chi connectivity index (χ2v) is 2.92. The number of carboxylic acids is 1. The fraction of sp³-hybridized carbons (Fsp3) is 0. The molecular formula is C10H7FN2O2. The van der Waals surface area contributed by atoms with Gasteiger partial charge in [0.15, 0.2) is 0 Å². The molecule has 0 saturated heterocycles. The van der Waals surface area contributed by atoms with Crippen molar-refractivity contribution in [3.8, 4) is 5.69 Å². The summed E-state index contributed by atoms with van der Waals surface area (Å²) in [6.45, 7) is 0. The summed E-state index contributed by atoms with van der Waals surface area (Å²) in [5, 5.41) is 12.6. The Labute approximate surface area is 84.6 Å². The quantitative estimate of drug-likeness (QED) is 0.813. The molecule has 2 rings (SSSR count). The molecular weight excluding hydrogens is 199 g/mol. The molecule has 0 unspecified atom stereocenters. The predicted molar refractivity (Wildman–Crippen MR) is 50.5 cm³/mol. The van der Waals surface area contributed by atoms with Crippen LogP contribution in [0.15, 0.2) is 36.7 Å². The molecule has 4 nitrogen and oxygen atoms in total. The molecule has 0 radical (unpaired) electrons. The molecule has 0 spiro atoms. The Morgan fingerprint density at radius 1 is 1.47 bits per heavy atom. The summed E-state index contributed by atoms with van der Waals surface area (Å²) in [5.41, 5.74) is 0.154. The van der Waals surface area contributed by atoms with Gasteiger partial charge in [-0.3, -0.25) is 0 Å². The van der Waals surface area contributed by atoms with Crippen LogP contribution in [0.2, 0.25) is 0 Å². The van der Waals surface area contributed by atoms with Gasteiger partial charge in [0.25, 0.3) is 0 Å². The van der Waals surface area contributed by atoms with E-state index < -0.39 is 11.8 Å². The van der Waals surface area contributed by atoms with E-state index in [9.17, 15) is 9.18 Å². The molecule has 0 aliphatic carbocycles. The average Bonchev–Trinajstić information content (AvgIpc) is 2.71. The van der Waals surface area contributed by atoms with Gasteiger partial charge in [0, 0.05) is 12.4 Å². The summed E-state index contributed by atoms with van der Waals surface area (Å²) < 4.78 is 14.6.